The largest absolute Gasteiger partial charge is 0.465 e. The Bertz CT molecular complexity index is 801. The molecular formula is C19H26N2O3S. The van der Waals surface area contributed by atoms with Gasteiger partial charge in [-0.25, -0.2) is 8.42 Å². The first-order chi connectivity index (χ1) is 11.9. The minimum Gasteiger partial charge on any atom is -0.465 e. The van der Waals surface area contributed by atoms with Crippen LogP contribution < -0.4 is 0 Å². The molecule has 5 nitrogen and oxygen atoms in total. The Balaban J connectivity index is 1.62. The summed E-state index contributed by atoms with van der Waals surface area (Å²) in [6.07, 6.45) is 0. The molecule has 1 aromatic carbocycles. The van der Waals surface area contributed by atoms with Crippen LogP contribution in [0.25, 0.3) is 0 Å². The molecule has 3 rings (SSSR count). The molecule has 1 aliphatic heterocycles. The zero-order valence-electron chi connectivity index (χ0n) is 15.1. The quantitative estimate of drug-likeness (QED) is 0.819. The summed E-state index contributed by atoms with van der Waals surface area (Å²) in [4.78, 5) is 2.61. The van der Waals surface area contributed by atoms with Crippen LogP contribution in [0.3, 0.4) is 0 Å². The molecule has 0 N–H and O–H groups in total. The SMILES string of the molecule is Cc1ccc(CN2CCN(S(=O)(=O)c3ccc(C(C)C)cc3)CC2)o1. The van der Waals surface area contributed by atoms with Gasteiger partial charge in [0.15, 0.2) is 0 Å². The van der Waals surface area contributed by atoms with E-state index in [0.717, 1.165) is 23.6 Å². The highest BCUT2D eigenvalue weighted by Gasteiger charge is 2.28. The summed E-state index contributed by atoms with van der Waals surface area (Å²) in [5, 5.41) is 0. The first-order valence-electron chi connectivity index (χ1n) is 8.74. The highest BCUT2D eigenvalue weighted by molar-refractivity contribution is 7.89. The highest BCUT2D eigenvalue weighted by Crippen LogP contribution is 2.21. The van der Waals surface area contributed by atoms with Crippen LogP contribution in [-0.4, -0.2) is 43.8 Å². The van der Waals surface area contributed by atoms with Crippen LogP contribution in [0.1, 0.15) is 36.8 Å². The van der Waals surface area contributed by atoms with Gasteiger partial charge in [-0.15, -0.1) is 0 Å². The topological polar surface area (TPSA) is 53.8 Å². The molecule has 1 aromatic heterocycles. The summed E-state index contributed by atoms with van der Waals surface area (Å²) in [5.74, 6) is 2.23. The molecule has 1 saturated heterocycles. The first kappa shape index (κ1) is 18.2. The number of piperazine rings is 1. The molecule has 0 aliphatic carbocycles. The molecule has 1 fully saturated rings. The molecular weight excluding hydrogens is 336 g/mol. The Kier molecular flexibility index (Phi) is 5.32. The predicted octanol–water partition coefficient (Wildman–Crippen LogP) is 3.22. The number of hydrogen-bond acceptors (Lipinski definition) is 4. The summed E-state index contributed by atoms with van der Waals surface area (Å²) in [6, 6.07) is 11.2. The first-order valence-corrected chi connectivity index (χ1v) is 10.2. The zero-order chi connectivity index (χ0) is 18.0. The maximum atomic E-state index is 12.8. The predicted molar refractivity (Wildman–Crippen MR) is 98.0 cm³/mol. The number of benzene rings is 1. The van der Waals surface area contributed by atoms with Gasteiger partial charge >= 0.3 is 0 Å². The molecule has 0 unspecified atom stereocenters. The number of sulfonamides is 1. The molecule has 2 heterocycles. The Hall–Kier alpha value is -1.63. The van der Waals surface area contributed by atoms with Crippen LogP contribution in [0.15, 0.2) is 45.7 Å². The second-order valence-corrected chi connectivity index (χ2v) is 8.85. The molecule has 0 saturated carbocycles. The highest BCUT2D eigenvalue weighted by atomic mass is 32.2. The summed E-state index contributed by atoms with van der Waals surface area (Å²) in [6.45, 7) is 9.30. The monoisotopic (exact) mass is 362 g/mol. The second kappa shape index (κ2) is 7.32. The van der Waals surface area contributed by atoms with Crippen LogP contribution >= 0.6 is 0 Å². The van der Waals surface area contributed by atoms with Crippen LogP contribution in [0.2, 0.25) is 0 Å². The summed E-state index contributed by atoms with van der Waals surface area (Å²) in [7, 11) is -3.41. The van der Waals surface area contributed by atoms with Gasteiger partial charge in [-0.1, -0.05) is 26.0 Å². The van der Waals surface area contributed by atoms with Crippen molar-refractivity contribution in [1.82, 2.24) is 9.21 Å². The molecule has 0 bridgehead atoms. The third kappa shape index (κ3) is 4.14. The standard InChI is InChI=1S/C19H26N2O3S/c1-15(2)17-5-8-19(9-6-17)25(22,23)21-12-10-20(11-13-21)14-18-7-4-16(3)24-18/h4-9,15H,10-14H2,1-3H3. The third-order valence-corrected chi connectivity index (χ3v) is 6.60. The number of furan rings is 1. The van der Waals surface area contributed by atoms with Gasteiger partial charge in [0.05, 0.1) is 11.4 Å². The lowest BCUT2D eigenvalue weighted by molar-refractivity contribution is 0.170. The van der Waals surface area contributed by atoms with E-state index in [1.807, 2.05) is 31.2 Å². The van der Waals surface area contributed by atoms with Gasteiger partial charge in [0.2, 0.25) is 10.0 Å². The van der Waals surface area contributed by atoms with Gasteiger partial charge in [0, 0.05) is 26.2 Å². The van der Waals surface area contributed by atoms with Crippen LogP contribution in [0.5, 0.6) is 0 Å². The van der Waals surface area contributed by atoms with Crippen molar-refractivity contribution in [2.24, 2.45) is 0 Å². The number of hydrogen-bond donors (Lipinski definition) is 0. The van der Waals surface area contributed by atoms with Crippen molar-refractivity contribution in [1.29, 1.82) is 0 Å². The Labute approximate surface area is 150 Å². The fourth-order valence-corrected chi connectivity index (χ4v) is 4.51. The minimum absolute atomic E-state index is 0.381. The molecule has 0 atom stereocenters. The van der Waals surface area contributed by atoms with E-state index in [0.29, 0.717) is 37.0 Å². The van der Waals surface area contributed by atoms with E-state index in [1.54, 1.807) is 16.4 Å². The van der Waals surface area contributed by atoms with E-state index < -0.39 is 10.0 Å². The van der Waals surface area contributed by atoms with Crippen LogP contribution in [0, 0.1) is 6.92 Å². The van der Waals surface area contributed by atoms with Crippen molar-refractivity contribution in [3.05, 3.63) is 53.5 Å². The van der Waals surface area contributed by atoms with Crippen molar-refractivity contribution in [3.8, 4) is 0 Å². The van der Waals surface area contributed by atoms with Gasteiger partial charge in [-0.05, 0) is 42.7 Å². The maximum absolute atomic E-state index is 12.8. The van der Waals surface area contributed by atoms with Crippen molar-refractivity contribution >= 4 is 10.0 Å². The van der Waals surface area contributed by atoms with E-state index >= 15 is 0 Å². The van der Waals surface area contributed by atoms with Gasteiger partial charge in [-0.2, -0.15) is 4.31 Å². The normalized spacial score (nSPS) is 17.3. The maximum Gasteiger partial charge on any atom is 0.243 e. The van der Waals surface area contributed by atoms with Gasteiger partial charge in [0.25, 0.3) is 0 Å². The van der Waals surface area contributed by atoms with Crippen LogP contribution in [0.4, 0.5) is 0 Å². The van der Waals surface area contributed by atoms with Crippen molar-refractivity contribution < 1.29 is 12.8 Å². The molecule has 136 valence electrons. The average Bonchev–Trinajstić information content (AvgIpc) is 3.00. The second-order valence-electron chi connectivity index (χ2n) is 6.92. The van der Waals surface area contributed by atoms with Crippen LogP contribution in [-0.2, 0) is 16.6 Å². The van der Waals surface area contributed by atoms with E-state index in [1.165, 1.54) is 0 Å². The summed E-state index contributed by atoms with van der Waals surface area (Å²) >= 11 is 0. The fraction of sp³-hybridized carbons (Fsp3) is 0.474. The van der Waals surface area contributed by atoms with Gasteiger partial charge in [0.1, 0.15) is 11.5 Å². The van der Waals surface area contributed by atoms with E-state index in [9.17, 15) is 8.42 Å². The lowest BCUT2D eigenvalue weighted by atomic mass is 10.0. The summed E-state index contributed by atoms with van der Waals surface area (Å²) < 4.78 is 32.8. The number of rotatable bonds is 5. The molecule has 25 heavy (non-hydrogen) atoms. The van der Waals surface area contributed by atoms with Crippen molar-refractivity contribution in [2.45, 2.75) is 38.1 Å². The van der Waals surface area contributed by atoms with Crippen molar-refractivity contribution in [3.63, 3.8) is 0 Å². The van der Waals surface area contributed by atoms with Crippen molar-refractivity contribution in [2.75, 3.05) is 26.2 Å². The van der Waals surface area contributed by atoms with E-state index in [-0.39, 0.29) is 0 Å². The molecule has 0 amide bonds. The molecule has 1 aliphatic rings. The number of aryl methyl sites for hydroxylation is 1. The molecule has 2 aromatic rings. The van der Waals surface area contributed by atoms with Gasteiger partial charge < -0.3 is 4.42 Å². The smallest absolute Gasteiger partial charge is 0.243 e. The minimum atomic E-state index is -3.41. The molecule has 0 radical (unpaired) electrons. The average molecular weight is 362 g/mol. The zero-order valence-corrected chi connectivity index (χ0v) is 15.9. The Morgan fingerprint density at radius 1 is 1.00 bits per heavy atom. The summed E-state index contributed by atoms with van der Waals surface area (Å²) in [5.41, 5.74) is 1.15. The molecule has 6 heteroatoms. The Morgan fingerprint density at radius 3 is 2.16 bits per heavy atom. The lowest BCUT2D eigenvalue weighted by Crippen LogP contribution is -2.48. The fourth-order valence-electron chi connectivity index (χ4n) is 3.09. The van der Waals surface area contributed by atoms with E-state index in [4.69, 9.17) is 4.42 Å². The van der Waals surface area contributed by atoms with E-state index in [2.05, 4.69) is 18.7 Å². The number of nitrogens with zero attached hydrogens (tertiary/aromatic N) is 2. The Morgan fingerprint density at radius 2 is 1.64 bits per heavy atom. The third-order valence-electron chi connectivity index (χ3n) is 4.69. The van der Waals surface area contributed by atoms with Gasteiger partial charge in [-0.3, -0.25) is 4.90 Å². The molecule has 0 spiro atoms. The lowest BCUT2D eigenvalue weighted by Gasteiger charge is -2.33.